The highest BCUT2D eigenvalue weighted by molar-refractivity contribution is 7.92. The van der Waals surface area contributed by atoms with Crippen molar-refractivity contribution in [1.29, 1.82) is 0 Å². The highest BCUT2D eigenvalue weighted by atomic mass is 32.2. The second kappa shape index (κ2) is 4.92. The van der Waals surface area contributed by atoms with Gasteiger partial charge in [0.25, 0.3) is 0 Å². The van der Waals surface area contributed by atoms with Crippen LogP contribution in [-0.2, 0) is 16.2 Å². The van der Waals surface area contributed by atoms with Gasteiger partial charge in [0.05, 0.1) is 11.3 Å². The first-order valence-corrected chi connectivity index (χ1v) is 6.27. The van der Waals surface area contributed by atoms with E-state index in [1.54, 1.807) is 0 Å². The van der Waals surface area contributed by atoms with Crippen molar-refractivity contribution in [2.75, 3.05) is 17.0 Å². The fourth-order valence-corrected chi connectivity index (χ4v) is 2.04. The van der Waals surface area contributed by atoms with Crippen LogP contribution < -0.4 is 10.5 Å². The minimum Gasteiger partial charge on any atom is -0.329 e. The lowest BCUT2D eigenvalue weighted by molar-refractivity contribution is -0.137. The van der Waals surface area contributed by atoms with Crippen LogP contribution in [0.4, 0.5) is 18.9 Å². The molecule has 0 saturated heterocycles. The molecule has 0 atom stereocenters. The second-order valence-electron chi connectivity index (χ2n) is 3.29. The number of hydrogen-bond donors (Lipinski definition) is 2. The predicted molar refractivity (Wildman–Crippen MR) is 57.9 cm³/mol. The molecule has 1 aromatic carbocycles. The van der Waals surface area contributed by atoms with Gasteiger partial charge in [-0.3, -0.25) is 4.72 Å². The second-order valence-corrected chi connectivity index (χ2v) is 5.13. The molecule has 0 aliphatic rings. The van der Waals surface area contributed by atoms with Crippen molar-refractivity contribution >= 4 is 15.7 Å². The third kappa shape index (κ3) is 4.23. The standard InChI is InChI=1S/C9H11F3N2O2S/c10-9(11,12)7-2-1-3-8(6-7)14-17(15,16)5-4-13/h1-3,6,14H,4-5,13H2. The molecule has 8 heteroatoms. The maximum atomic E-state index is 12.4. The van der Waals surface area contributed by atoms with Crippen molar-refractivity contribution in [3.05, 3.63) is 29.8 Å². The Balaban J connectivity index is 2.94. The van der Waals surface area contributed by atoms with Gasteiger partial charge >= 0.3 is 6.18 Å². The van der Waals surface area contributed by atoms with Crippen molar-refractivity contribution in [1.82, 2.24) is 0 Å². The molecule has 0 heterocycles. The third-order valence-corrected chi connectivity index (χ3v) is 3.17. The Labute approximate surface area is 96.7 Å². The Bertz CT molecular complexity index is 485. The summed E-state index contributed by atoms with van der Waals surface area (Å²) in [6.07, 6.45) is -4.50. The summed E-state index contributed by atoms with van der Waals surface area (Å²) in [5, 5.41) is 0. The van der Waals surface area contributed by atoms with Gasteiger partial charge in [-0.2, -0.15) is 13.2 Å². The first-order chi connectivity index (χ1) is 7.74. The zero-order valence-electron chi connectivity index (χ0n) is 8.66. The fourth-order valence-electron chi connectivity index (χ4n) is 1.14. The molecular formula is C9H11F3N2O2S. The van der Waals surface area contributed by atoms with E-state index < -0.39 is 21.8 Å². The van der Waals surface area contributed by atoms with Gasteiger partial charge < -0.3 is 5.73 Å². The van der Waals surface area contributed by atoms with E-state index in [9.17, 15) is 21.6 Å². The lowest BCUT2D eigenvalue weighted by Crippen LogP contribution is -2.22. The van der Waals surface area contributed by atoms with Crippen LogP contribution in [0.15, 0.2) is 24.3 Å². The zero-order valence-corrected chi connectivity index (χ0v) is 9.48. The van der Waals surface area contributed by atoms with Crippen molar-refractivity contribution in [2.45, 2.75) is 6.18 Å². The van der Waals surface area contributed by atoms with Crippen molar-refractivity contribution in [3.63, 3.8) is 0 Å². The van der Waals surface area contributed by atoms with E-state index in [2.05, 4.69) is 0 Å². The smallest absolute Gasteiger partial charge is 0.329 e. The monoisotopic (exact) mass is 268 g/mol. The first-order valence-electron chi connectivity index (χ1n) is 4.62. The molecule has 0 aliphatic carbocycles. The molecule has 0 aromatic heterocycles. The van der Waals surface area contributed by atoms with Gasteiger partial charge in [-0.1, -0.05) is 6.07 Å². The number of hydrogen-bond acceptors (Lipinski definition) is 3. The van der Waals surface area contributed by atoms with Crippen LogP contribution in [0.25, 0.3) is 0 Å². The Kier molecular flexibility index (Phi) is 3.99. The van der Waals surface area contributed by atoms with E-state index >= 15 is 0 Å². The summed E-state index contributed by atoms with van der Waals surface area (Å²) in [4.78, 5) is 0. The third-order valence-electron chi connectivity index (χ3n) is 1.85. The van der Waals surface area contributed by atoms with Crippen LogP contribution in [-0.4, -0.2) is 20.7 Å². The van der Waals surface area contributed by atoms with Crippen LogP contribution in [0, 0.1) is 0 Å². The Morgan fingerprint density at radius 3 is 2.47 bits per heavy atom. The molecule has 96 valence electrons. The number of anilines is 1. The lowest BCUT2D eigenvalue weighted by Gasteiger charge is -2.10. The van der Waals surface area contributed by atoms with Gasteiger partial charge in [0, 0.05) is 12.2 Å². The number of alkyl halides is 3. The van der Waals surface area contributed by atoms with Crippen LogP contribution in [0.5, 0.6) is 0 Å². The summed E-state index contributed by atoms with van der Waals surface area (Å²) >= 11 is 0. The Hall–Kier alpha value is -1.28. The van der Waals surface area contributed by atoms with Crippen LogP contribution in [0.3, 0.4) is 0 Å². The van der Waals surface area contributed by atoms with E-state index in [0.717, 1.165) is 18.2 Å². The summed E-state index contributed by atoms with van der Waals surface area (Å²) in [5.41, 5.74) is 4.03. The van der Waals surface area contributed by atoms with E-state index in [4.69, 9.17) is 5.73 Å². The van der Waals surface area contributed by atoms with Crippen molar-refractivity contribution < 1.29 is 21.6 Å². The number of benzene rings is 1. The Morgan fingerprint density at radius 2 is 1.94 bits per heavy atom. The fraction of sp³-hybridized carbons (Fsp3) is 0.333. The number of rotatable bonds is 4. The summed E-state index contributed by atoms with van der Waals surface area (Å²) < 4.78 is 61.7. The Morgan fingerprint density at radius 1 is 1.29 bits per heavy atom. The van der Waals surface area contributed by atoms with Crippen molar-refractivity contribution in [3.8, 4) is 0 Å². The summed E-state index contributed by atoms with van der Waals surface area (Å²) in [6, 6.07) is 3.96. The molecule has 0 bridgehead atoms. The average Bonchev–Trinajstić information content (AvgIpc) is 2.15. The minimum atomic E-state index is -4.50. The molecule has 0 spiro atoms. The van der Waals surface area contributed by atoms with Gasteiger partial charge in [-0.05, 0) is 18.2 Å². The summed E-state index contributed by atoms with van der Waals surface area (Å²) in [5.74, 6) is -0.344. The van der Waals surface area contributed by atoms with Gasteiger partial charge in [-0.15, -0.1) is 0 Å². The van der Waals surface area contributed by atoms with Gasteiger partial charge in [-0.25, -0.2) is 8.42 Å². The number of nitrogens with two attached hydrogens (primary N) is 1. The number of sulfonamides is 1. The molecule has 0 radical (unpaired) electrons. The number of nitrogens with one attached hydrogen (secondary N) is 1. The normalized spacial score (nSPS) is 12.5. The van der Waals surface area contributed by atoms with Gasteiger partial charge in [0.2, 0.25) is 10.0 Å². The molecule has 1 rings (SSSR count). The molecule has 0 fully saturated rings. The van der Waals surface area contributed by atoms with Crippen LogP contribution >= 0.6 is 0 Å². The topological polar surface area (TPSA) is 72.2 Å². The minimum absolute atomic E-state index is 0.103. The van der Waals surface area contributed by atoms with E-state index in [1.807, 2.05) is 4.72 Å². The lowest BCUT2D eigenvalue weighted by atomic mass is 10.2. The van der Waals surface area contributed by atoms with Gasteiger partial charge in [0.15, 0.2) is 0 Å². The molecule has 17 heavy (non-hydrogen) atoms. The predicted octanol–water partition coefficient (Wildman–Crippen LogP) is 1.41. The quantitative estimate of drug-likeness (QED) is 0.867. The maximum Gasteiger partial charge on any atom is 0.416 e. The molecule has 0 aliphatic heterocycles. The largest absolute Gasteiger partial charge is 0.416 e. The van der Waals surface area contributed by atoms with Crippen LogP contribution in [0.2, 0.25) is 0 Å². The summed E-state index contributed by atoms with van der Waals surface area (Å²) in [7, 11) is -3.69. The zero-order chi connectivity index (χ0) is 13.1. The van der Waals surface area contributed by atoms with Gasteiger partial charge in [0.1, 0.15) is 0 Å². The molecule has 0 unspecified atom stereocenters. The molecular weight excluding hydrogens is 257 g/mol. The van der Waals surface area contributed by atoms with Crippen LogP contribution in [0.1, 0.15) is 5.56 Å². The SMILES string of the molecule is NCCS(=O)(=O)Nc1cccc(C(F)(F)F)c1. The highest BCUT2D eigenvalue weighted by Gasteiger charge is 2.30. The average molecular weight is 268 g/mol. The molecule has 0 saturated carbocycles. The summed E-state index contributed by atoms with van der Waals surface area (Å²) in [6.45, 7) is -0.103. The molecule has 4 nitrogen and oxygen atoms in total. The number of halogens is 3. The maximum absolute atomic E-state index is 12.4. The van der Waals surface area contributed by atoms with Crippen molar-refractivity contribution in [2.24, 2.45) is 5.73 Å². The molecule has 0 amide bonds. The van der Waals surface area contributed by atoms with E-state index in [1.165, 1.54) is 6.07 Å². The first kappa shape index (κ1) is 13.8. The molecule has 1 aromatic rings. The van der Waals surface area contributed by atoms with E-state index in [0.29, 0.717) is 0 Å². The highest BCUT2D eigenvalue weighted by Crippen LogP contribution is 2.30. The molecule has 3 N–H and O–H groups in total. The van der Waals surface area contributed by atoms with E-state index in [-0.39, 0.29) is 18.0 Å².